The standard InChI is InChI=1S/C30H29N5O5S/c1-3-5-11-25-34-29(37)27(30(38)35(25)24(4-2)21-9-6-8-19(17-21)18-31)41(39,40)22-14-12-20(13-15-22)23-10-7-16-33-26(23)28(32)36/h6-10,12-17,24,38H,3-5,11H2,1-2H3,(H2,32,36). The van der Waals surface area contributed by atoms with Gasteiger partial charge in [0.2, 0.25) is 15.7 Å². The number of amides is 1. The summed E-state index contributed by atoms with van der Waals surface area (Å²) in [6.07, 6.45) is 3.64. The van der Waals surface area contributed by atoms with Crippen LogP contribution in [0.4, 0.5) is 0 Å². The predicted octanol–water partition coefficient (Wildman–Crippen LogP) is 4.16. The smallest absolute Gasteiger partial charge is 0.296 e. The average molecular weight is 572 g/mol. The van der Waals surface area contributed by atoms with Crippen LogP contribution in [0.15, 0.2) is 81.4 Å². The first kappa shape index (κ1) is 29.2. The number of hydrogen-bond donors (Lipinski definition) is 2. The molecular formula is C30H29N5O5S. The minimum absolute atomic E-state index is 0.0292. The van der Waals surface area contributed by atoms with Crippen LogP contribution >= 0.6 is 0 Å². The van der Waals surface area contributed by atoms with Crippen molar-refractivity contribution in [2.45, 2.75) is 55.4 Å². The van der Waals surface area contributed by atoms with Crippen molar-refractivity contribution in [3.8, 4) is 23.1 Å². The Bertz CT molecular complexity index is 1810. The number of nitrogens with two attached hydrogens (primary N) is 1. The van der Waals surface area contributed by atoms with E-state index in [0.29, 0.717) is 41.5 Å². The van der Waals surface area contributed by atoms with Crippen molar-refractivity contribution in [1.29, 1.82) is 5.26 Å². The summed E-state index contributed by atoms with van der Waals surface area (Å²) in [6, 6.07) is 17.1. The molecule has 0 bridgehead atoms. The number of nitrogens with zero attached hydrogens (tertiary/aromatic N) is 4. The van der Waals surface area contributed by atoms with E-state index in [1.54, 1.807) is 36.4 Å². The zero-order chi connectivity index (χ0) is 29.7. The van der Waals surface area contributed by atoms with Crippen LogP contribution in [0.3, 0.4) is 0 Å². The zero-order valence-electron chi connectivity index (χ0n) is 22.6. The summed E-state index contributed by atoms with van der Waals surface area (Å²) in [4.78, 5) is 32.0. The van der Waals surface area contributed by atoms with Gasteiger partial charge in [-0.3, -0.25) is 19.1 Å². The molecule has 41 heavy (non-hydrogen) atoms. The molecule has 2 aromatic carbocycles. The quantitative estimate of drug-likeness (QED) is 0.286. The molecule has 0 aliphatic heterocycles. The lowest BCUT2D eigenvalue weighted by atomic mass is 10.0. The zero-order valence-corrected chi connectivity index (χ0v) is 23.4. The van der Waals surface area contributed by atoms with Gasteiger partial charge < -0.3 is 10.8 Å². The van der Waals surface area contributed by atoms with Crippen LogP contribution in [-0.4, -0.2) is 34.0 Å². The maximum atomic E-state index is 13.8. The molecule has 4 rings (SSSR count). The van der Waals surface area contributed by atoms with Crippen molar-refractivity contribution in [1.82, 2.24) is 14.5 Å². The average Bonchev–Trinajstić information content (AvgIpc) is 2.97. The highest BCUT2D eigenvalue weighted by Crippen LogP contribution is 2.34. The number of nitriles is 1. The topological polar surface area (TPSA) is 169 Å². The van der Waals surface area contributed by atoms with Crippen LogP contribution in [0.2, 0.25) is 0 Å². The van der Waals surface area contributed by atoms with Crippen molar-refractivity contribution in [2.75, 3.05) is 0 Å². The Balaban J connectivity index is 1.87. The first-order valence-electron chi connectivity index (χ1n) is 13.1. The Morgan fingerprint density at radius 3 is 2.49 bits per heavy atom. The summed E-state index contributed by atoms with van der Waals surface area (Å²) in [6.45, 7) is 3.83. The molecule has 1 amide bonds. The van der Waals surface area contributed by atoms with Crippen molar-refractivity contribution in [3.05, 3.63) is 99.9 Å². The summed E-state index contributed by atoms with van der Waals surface area (Å²) in [7, 11) is -4.53. The van der Waals surface area contributed by atoms with E-state index in [0.717, 1.165) is 6.42 Å². The van der Waals surface area contributed by atoms with Crippen LogP contribution in [0.25, 0.3) is 11.1 Å². The van der Waals surface area contributed by atoms with Gasteiger partial charge in [-0.05, 0) is 54.3 Å². The minimum atomic E-state index is -4.53. The molecule has 0 saturated carbocycles. The van der Waals surface area contributed by atoms with E-state index < -0.39 is 38.1 Å². The summed E-state index contributed by atoms with van der Waals surface area (Å²) in [5, 5.41) is 20.9. The molecule has 2 aromatic heterocycles. The predicted molar refractivity (Wildman–Crippen MR) is 152 cm³/mol. The second-order valence-corrected chi connectivity index (χ2v) is 11.3. The van der Waals surface area contributed by atoms with E-state index in [4.69, 9.17) is 5.73 Å². The highest BCUT2D eigenvalue weighted by atomic mass is 32.2. The molecule has 0 aliphatic carbocycles. The van der Waals surface area contributed by atoms with Crippen LogP contribution < -0.4 is 11.3 Å². The third-order valence-corrected chi connectivity index (χ3v) is 8.56. The lowest BCUT2D eigenvalue weighted by Crippen LogP contribution is -2.27. The van der Waals surface area contributed by atoms with Gasteiger partial charge in [-0.25, -0.2) is 8.42 Å². The van der Waals surface area contributed by atoms with Gasteiger partial charge in [-0.2, -0.15) is 10.2 Å². The fraction of sp³-hybridized carbons (Fsp3) is 0.233. The molecule has 10 nitrogen and oxygen atoms in total. The molecule has 0 saturated heterocycles. The van der Waals surface area contributed by atoms with E-state index in [1.807, 2.05) is 13.8 Å². The van der Waals surface area contributed by atoms with E-state index in [1.165, 1.54) is 35.0 Å². The van der Waals surface area contributed by atoms with Crippen molar-refractivity contribution >= 4 is 15.7 Å². The highest BCUT2D eigenvalue weighted by Gasteiger charge is 2.32. The maximum Gasteiger partial charge on any atom is 0.296 e. The number of sulfone groups is 1. The monoisotopic (exact) mass is 571 g/mol. The number of carbonyl (C=O) groups excluding carboxylic acids is 1. The number of aryl methyl sites for hydroxylation is 1. The number of carbonyl (C=O) groups is 1. The number of pyridine rings is 1. The molecule has 4 aromatic rings. The number of rotatable bonds is 10. The number of aromatic hydroxyl groups is 1. The lowest BCUT2D eigenvalue weighted by molar-refractivity contribution is 0.0996. The Morgan fingerprint density at radius 1 is 1.12 bits per heavy atom. The normalized spacial score (nSPS) is 12.0. The van der Waals surface area contributed by atoms with Gasteiger partial charge in [0.1, 0.15) is 11.5 Å². The van der Waals surface area contributed by atoms with Crippen LogP contribution in [0, 0.1) is 11.3 Å². The van der Waals surface area contributed by atoms with Gasteiger partial charge in [-0.1, -0.05) is 50.6 Å². The third-order valence-electron chi connectivity index (χ3n) is 6.77. The Morgan fingerprint density at radius 2 is 1.85 bits per heavy atom. The van der Waals surface area contributed by atoms with Crippen molar-refractivity contribution in [2.24, 2.45) is 5.73 Å². The van der Waals surface area contributed by atoms with Crippen molar-refractivity contribution < 1.29 is 18.3 Å². The number of primary amides is 1. The highest BCUT2D eigenvalue weighted by molar-refractivity contribution is 7.91. The van der Waals surface area contributed by atoms with Gasteiger partial charge in [0, 0.05) is 18.2 Å². The SMILES string of the molecule is CCCCc1nc(=O)c(S(=O)(=O)c2ccc(-c3cccnc3C(N)=O)cc2)c(O)n1C(CC)c1cccc(C#N)c1. The summed E-state index contributed by atoms with van der Waals surface area (Å²) < 4.78 is 29.0. The van der Waals surface area contributed by atoms with Crippen LogP contribution in [0.5, 0.6) is 5.88 Å². The molecule has 0 fully saturated rings. The minimum Gasteiger partial charge on any atom is -0.493 e. The Kier molecular flexibility index (Phi) is 8.64. The van der Waals surface area contributed by atoms with Crippen LogP contribution in [0.1, 0.15) is 66.6 Å². The van der Waals surface area contributed by atoms with E-state index in [9.17, 15) is 28.4 Å². The first-order chi connectivity index (χ1) is 19.6. The van der Waals surface area contributed by atoms with Gasteiger partial charge >= 0.3 is 0 Å². The Hall–Kier alpha value is -4.82. The van der Waals surface area contributed by atoms with Gasteiger partial charge in [-0.15, -0.1) is 0 Å². The molecule has 1 atom stereocenters. The Labute approximate surface area is 237 Å². The van der Waals surface area contributed by atoms with Gasteiger partial charge in [0.05, 0.1) is 22.6 Å². The molecule has 3 N–H and O–H groups in total. The molecule has 1 unspecified atom stereocenters. The second-order valence-electron chi connectivity index (χ2n) is 9.41. The molecule has 0 spiro atoms. The number of unbranched alkanes of at least 4 members (excludes halogenated alkanes) is 1. The van der Waals surface area contributed by atoms with Crippen molar-refractivity contribution in [3.63, 3.8) is 0 Å². The lowest BCUT2D eigenvalue weighted by Gasteiger charge is -2.25. The molecule has 2 heterocycles. The second kappa shape index (κ2) is 12.1. The maximum absolute atomic E-state index is 13.8. The summed E-state index contributed by atoms with van der Waals surface area (Å²) in [5.74, 6) is -1.19. The molecule has 0 aliphatic rings. The third kappa shape index (κ3) is 5.73. The number of aromatic nitrogens is 3. The van der Waals surface area contributed by atoms with E-state index >= 15 is 0 Å². The largest absolute Gasteiger partial charge is 0.493 e. The fourth-order valence-corrected chi connectivity index (χ4v) is 6.12. The summed E-state index contributed by atoms with van der Waals surface area (Å²) in [5.41, 5.74) is 6.38. The van der Waals surface area contributed by atoms with Gasteiger partial charge in [0.15, 0.2) is 4.90 Å². The molecule has 0 radical (unpaired) electrons. The van der Waals surface area contributed by atoms with Crippen LogP contribution in [-0.2, 0) is 16.3 Å². The van der Waals surface area contributed by atoms with E-state index in [-0.39, 0.29) is 16.4 Å². The molecule has 11 heteroatoms. The number of benzene rings is 2. The summed E-state index contributed by atoms with van der Waals surface area (Å²) >= 11 is 0. The fourth-order valence-electron chi connectivity index (χ4n) is 4.77. The molecular weight excluding hydrogens is 542 g/mol. The van der Waals surface area contributed by atoms with Gasteiger partial charge in [0.25, 0.3) is 11.5 Å². The van der Waals surface area contributed by atoms with E-state index in [2.05, 4.69) is 16.0 Å². The number of hydrogen-bond acceptors (Lipinski definition) is 8. The molecule has 210 valence electrons. The first-order valence-corrected chi connectivity index (χ1v) is 14.6.